The summed E-state index contributed by atoms with van der Waals surface area (Å²) in [5.41, 5.74) is 10.7. The van der Waals surface area contributed by atoms with E-state index < -0.39 is 0 Å². The SMILES string of the molecule is COCc1cccc(NC(=O)c2cc(N)c(C)cc2C)c1. The van der Waals surface area contributed by atoms with Gasteiger partial charge in [0.15, 0.2) is 0 Å². The number of nitrogens with two attached hydrogens (primary N) is 1. The first-order valence-corrected chi connectivity index (χ1v) is 6.77. The molecule has 4 nitrogen and oxygen atoms in total. The summed E-state index contributed by atoms with van der Waals surface area (Å²) >= 11 is 0. The number of carbonyl (C=O) groups excluding carboxylic acids is 1. The highest BCUT2D eigenvalue weighted by molar-refractivity contribution is 6.06. The molecule has 4 heteroatoms. The van der Waals surface area contributed by atoms with Crippen LogP contribution in [-0.2, 0) is 11.3 Å². The van der Waals surface area contributed by atoms with Crippen molar-refractivity contribution in [1.82, 2.24) is 0 Å². The molecular formula is C17H20N2O2. The van der Waals surface area contributed by atoms with Crippen molar-refractivity contribution in [3.8, 4) is 0 Å². The van der Waals surface area contributed by atoms with Crippen molar-refractivity contribution in [1.29, 1.82) is 0 Å². The fourth-order valence-corrected chi connectivity index (χ4v) is 2.22. The van der Waals surface area contributed by atoms with Gasteiger partial charge in [-0.25, -0.2) is 0 Å². The van der Waals surface area contributed by atoms with E-state index in [0.717, 1.165) is 22.4 Å². The van der Waals surface area contributed by atoms with Crippen molar-refractivity contribution in [2.24, 2.45) is 0 Å². The van der Waals surface area contributed by atoms with Gasteiger partial charge in [-0.2, -0.15) is 0 Å². The third kappa shape index (κ3) is 3.61. The number of nitrogens with one attached hydrogen (secondary N) is 1. The van der Waals surface area contributed by atoms with Crippen LogP contribution in [0.25, 0.3) is 0 Å². The molecular weight excluding hydrogens is 264 g/mol. The van der Waals surface area contributed by atoms with Crippen LogP contribution in [0.15, 0.2) is 36.4 Å². The van der Waals surface area contributed by atoms with E-state index in [1.54, 1.807) is 13.2 Å². The normalized spacial score (nSPS) is 10.4. The fourth-order valence-electron chi connectivity index (χ4n) is 2.22. The Bertz CT molecular complexity index is 666. The summed E-state index contributed by atoms with van der Waals surface area (Å²) in [5, 5.41) is 2.89. The number of methoxy groups -OCH3 is 1. The summed E-state index contributed by atoms with van der Waals surface area (Å²) in [6.45, 7) is 4.35. The Hall–Kier alpha value is -2.33. The van der Waals surface area contributed by atoms with E-state index in [1.807, 2.05) is 44.2 Å². The number of rotatable bonds is 4. The fraction of sp³-hybridized carbons (Fsp3) is 0.235. The molecule has 0 aliphatic rings. The van der Waals surface area contributed by atoms with Gasteiger partial charge >= 0.3 is 0 Å². The number of aryl methyl sites for hydroxylation is 2. The van der Waals surface area contributed by atoms with Gasteiger partial charge in [0.25, 0.3) is 5.91 Å². The van der Waals surface area contributed by atoms with Crippen LogP contribution >= 0.6 is 0 Å². The van der Waals surface area contributed by atoms with Crippen LogP contribution < -0.4 is 11.1 Å². The summed E-state index contributed by atoms with van der Waals surface area (Å²) in [6, 6.07) is 11.2. The Morgan fingerprint density at radius 1 is 1.19 bits per heavy atom. The van der Waals surface area contributed by atoms with Gasteiger partial charge in [0.1, 0.15) is 0 Å². The molecule has 110 valence electrons. The van der Waals surface area contributed by atoms with Gasteiger partial charge in [-0.15, -0.1) is 0 Å². The smallest absolute Gasteiger partial charge is 0.256 e. The van der Waals surface area contributed by atoms with E-state index in [9.17, 15) is 4.79 Å². The monoisotopic (exact) mass is 284 g/mol. The highest BCUT2D eigenvalue weighted by Crippen LogP contribution is 2.20. The summed E-state index contributed by atoms with van der Waals surface area (Å²) in [6.07, 6.45) is 0. The highest BCUT2D eigenvalue weighted by Gasteiger charge is 2.11. The van der Waals surface area contributed by atoms with Crippen LogP contribution in [-0.4, -0.2) is 13.0 Å². The van der Waals surface area contributed by atoms with E-state index >= 15 is 0 Å². The Kier molecular flexibility index (Phi) is 4.60. The van der Waals surface area contributed by atoms with Crippen molar-refractivity contribution in [2.45, 2.75) is 20.5 Å². The van der Waals surface area contributed by atoms with E-state index in [4.69, 9.17) is 10.5 Å². The maximum atomic E-state index is 12.4. The lowest BCUT2D eigenvalue weighted by atomic mass is 10.0. The van der Waals surface area contributed by atoms with Gasteiger partial charge in [-0.3, -0.25) is 4.79 Å². The Morgan fingerprint density at radius 3 is 2.67 bits per heavy atom. The number of hydrogen-bond acceptors (Lipinski definition) is 3. The summed E-state index contributed by atoms with van der Waals surface area (Å²) in [7, 11) is 1.64. The third-order valence-corrected chi connectivity index (χ3v) is 3.35. The minimum atomic E-state index is -0.159. The van der Waals surface area contributed by atoms with Crippen LogP contribution in [0.4, 0.5) is 11.4 Å². The van der Waals surface area contributed by atoms with E-state index in [-0.39, 0.29) is 5.91 Å². The van der Waals surface area contributed by atoms with Crippen LogP contribution in [0.3, 0.4) is 0 Å². The molecule has 0 spiro atoms. The first kappa shape index (κ1) is 15.1. The lowest BCUT2D eigenvalue weighted by molar-refractivity contribution is 0.102. The maximum Gasteiger partial charge on any atom is 0.256 e. The minimum Gasteiger partial charge on any atom is -0.398 e. The molecule has 2 rings (SSSR count). The second kappa shape index (κ2) is 6.41. The molecule has 0 unspecified atom stereocenters. The molecule has 1 amide bonds. The van der Waals surface area contributed by atoms with Crippen LogP contribution in [0, 0.1) is 13.8 Å². The molecule has 0 heterocycles. The van der Waals surface area contributed by atoms with E-state index in [1.165, 1.54) is 0 Å². The van der Waals surface area contributed by atoms with Crippen LogP contribution in [0.2, 0.25) is 0 Å². The first-order chi connectivity index (χ1) is 10.0. The molecule has 3 N–H and O–H groups in total. The average molecular weight is 284 g/mol. The number of carbonyl (C=O) groups is 1. The molecule has 0 fully saturated rings. The number of benzene rings is 2. The summed E-state index contributed by atoms with van der Waals surface area (Å²) in [4.78, 5) is 12.4. The molecule has 0 bridgehead atoms. The summed E-state index contributed by atoms with van der Waals surface area (Å²) in [5.74, 6) is -0.159. The molecule has 2 aromatic carbocycles. The van der Waals surface area contributed by atoms with Crippen LogP contribution in [0.1, 0.15) is 27.0 Å². The quantitative estimate of drug-likeness (QED) is 0.847. The van der Waals surface area contributed by atoms with Gasteiger partial charge < -0.3 is 15.8 Å². The standard InChI is InChI=1S/C17H20N2O2/c1-11-7-12(2)16(18)9-15(11)17(20)19-14-6-4-5-13(8-14)10-21-3/h4-9H,10,18H2,1-3H3,(H,19,20). The van der Waals surface area contributed by atoms with E-state index in [0.29, 0.717) is 17.9 Å². The molecule has 0 aromatic heterocycles. The van der Waals surface area contributed by atoms with Crippen LogP contribution in [0.5, 0.6) is 0 Å². The number of ether oxygens (including phenoxy) is 1. The molecule has 0 saturated carbocycles. The topological polar surface area (TPSA) is 64.3 Å². The Balaban J connectivity index is 2.22. The van der Waals surface area contributed by atoms with Crippen molar-refractivity contribution in [3.63, 3.8) is 0 Å². The minimum absolute atomic E-state index is 0.159. The molecule has 0 atom stereocenters. The van der Waals surface area contributed by atoms with Gasteiger partial charge in [0, 0.05) is 24.0 Å². The highest BCUT2D eigenvalue weighted by atomic mass is 16.5. The van der Waals surface area contributed by atoms with Crippen molar-refractivity contribution in [2.75, 3.05) is 18.2 Å². The van der Waals surface area contributed by atoms with Crippen molar-refractivity contribution < 1.29 is 9.53 Å². The predicted octanol–water partition coefficient (Wildman–Crippen LogP) is 3.28. The van der Waals surface area contributed by atoms with Gasteiger partial charge in [0.05, 0.1) is 6.61 Å². The molecule has 0 aliphatic carbocycles. The lowest BCUT2D eigenvalue weighted by Gasteiger charge is -2.11. The largest absolute Gasteiger partial charge is 0.398 e. The molecule has 0 aliphatic heterocycles. The zero-order chi connectivity index (χ0) is 15.4. The third-order valence-electron chi connectivity index (χ3n) is 3.35. The summed E-state index contributed by atoms with van der Waals surface area (Å²) < 4.78 is 5.09. The average Bonchev–Trinajstić information content (AvgIpc) is 2.43. The molecule has 0 radical (unpaired) electrons. The first-order valence-electron chi connectivity index (χ1n) is 6.77. The zero-order valence-electron chi connectivity index (χ0n) is 12.6. The Labute approximate surface area is 124 Å². The predicted molar refractivity (Wildman–Crippen MR) is 85.4 cm³/mol. The number of anilines is 2. The number of hydrogen-bond donors (Lipinski definition) is 2. The number of amides is 1. The zero-order valence-corrected chi connectivity index (χ0v) is 12.6. The molecule has 0 saturated heterocycles. The van der Waals surface area contributed by atoms with Gasteiger partial charge in [-0.05, 0) is 48.7 Å². The van der Waals surface area contributed by atoms with E-state index in [2.05, 4.69) is 5.32 Å². The Morgan fingerprint density at radius 2 is 1.95 bits per heavy atom. The molecule has 2 aromatic rings. The second-order valence-electron chi connectivity index (χ2n) is 5.11. The van der Waals surface area contributed by atoms with Gasteiger partial charge in [-0.1, -0.05) is 18.2 Å². The number of nitrogen functional groups attached to an aromatic ring is 1. The molecule has 21 heavy (non-hydrogen) atoms. The van der Waals surface area contributed by atoms with Gasteiger partial charge in [0.2, 0.25) is 0 Å². The maximum absolute atomic E-state index is 12.4. The second-order valence-corrected chi connectivity index (χ2v) is 5.11. The van der Waals surface area contributed by atoms with Crippen molar-refractivity contribution in [3.05, 3.63) is 58.7 Å². The lowest BCUT2D eigenvalue weighted by Crippen LogP contribution is -2.14. The van der Waals surface area contributed by atoms with Crippen molar-refractivity contribution >= 4 is 17.3 Å².